The normalized spacial score (nSPS) is 29.9. The molecule has 2 aliphatic rings. The fourth-order valence-electron chi connectivity index (χ4n) is 3.36. The number of esters is 1. The number of nitrogens with one attached hydrogen (secondary N) is 1. The molecule has 21 heavy (non-hydrogen) atoms. The molecule has 0 aliphatic heterocycles. The van der Waals surface area contributed by atoms with Crippen LogP contribution >= 0.6 is 0 Å². The Morgan fingerprint density at radius 1 is 1.33 bits per heavy atom. The quantitative estimate of drug-likeness (QED) is 0.734. The van der Waals surface area contributed by atoms with E-state index in [9.17, 15) is 4.79 Å². The average molecular weight is 296 g/mol. The van der Waals surface area contributed by atoms with Crippen LogP contribution in [-0.4, -0.2) is 47.7 Å². The summed E-state index contributed by atoms with van der Waals surface area (Å²) in [4.78, 5) is 15.0. The molecule has 0 aromatic rings. The molecule has 0 radical (unpaired) electrons. The summed E-state index contributed by atoms with van der Waals surface area (Å²) in [6.07, 6.45) is 6.35. The summed E-state index contributed by atoms with van der Waals surface area (Å²) < 4.78 is 5.38. The predicted octanol–water partition coefficient (Wildman–Crippen LogP) is 2.71. The highest BCUT2D eigenvalue weighted by Crippen LogP contribution is 2.39. The van der Waals surface area contributed by atoms with Crippen LogP contribution in [0.4, 0.5) is 0 Å². The molecular formula is C17H32N2O2. The van der Waals surface area contributed by atoms with Gasteiger partial charge in [0, 0.05) is 17.6 Å². The summed E-state index contributed by atoms with van der Waals surface area (Å²) in [5.74, 6) is -0.0397. The number of rotatable bonds is 7. The molecule has 0 aromatic carbocycles. The van der Waals surface area contributed by atoms with E-state index >= 15 is 0 Å². The lowest BCUT2D eigenvalue weighted by Gasteiger charge is -2.40. The molecule has 122 valence electrons. The first-order valence-electron chi connectivity index (χ1n) is 8.52. The van der Waals surface area contributed by atoms with Crippen LogP contribution in [0.25, 0.3) is 0 Å². The van der Waals surface area contributed by atoms with Crippen molar-refractivity contribution in [3.8, 4) is 0 Å². The summed E-state index contributed by atoms with van der Waals surface area (Å²) in [5, 5.41) is 3.60. The van der Waals surface area contributed by atoms with Gasteiger partial charge in [0.15, 0.2) is 0 Å². The van der Waals surface area contributed by atoms with Crippen molar-refractivity contribution in [1.29, 1.82) is 0 Å². The number of ether oxygens (including phenoxy) is 1. The van der Waals surface area contributed by atoms with Crippen LogP contribution in [0.3, 0.4) is 0 Å². The molecule has 2 saturated carbocycles. The average Bonchev–Trinajstić information content (AvgIpc) is 3.15. The van der Waals surface area contributed by atoms with Gasteiger partial charge in [-0.2, -0.15) is 0 Å². The Labute approximate surface area is 129 Å². The van der Waals surface area contributed by atoms with Crippen molar-refractivity contribution in [2.24, 2.45) is 0 Å². The minimum Gasteiger partial charge on any atom is -0.465 e. The number of nitrogens with zero attached hydrogens (tertiary/aromatic N) is 1. The smallest absolute Gasteiger partial charge is 0.326 e. The molecule has 2 rings (SSSR count). The Kier molecular flexibility index (Phi) is 4.99. The Morgan fingerprint density at radius 2 is 2.00 bits per heavy atom. The van der Waals surface area contributed by atoms with Crippen molar-refractivity contribution in [2.75, 3.05) is 13.7 Å². The minimum absolute atomic E-state index is 0.0397. The molecule has 1 N–H and O–H groups in total. The first-order valence-corrected chi connectivity index (χ1v) is 8.52. The molecule has 0 bridgehead atoms. The van der Waals surface area contributed by atoms with E-state index in [-0.39, 0.29) is 11.5 Å². The molecule has 2 atom stereocenters. The minimum atomic E-state index is -0.445. The summed E-state index contributed by atoms with van der Waals surface area (Å²) >= 11 is 0. The van der Waals surface area contributed by atoms with Gasteiger partial charge < -0.3 is 4.74 Å². The topological polar surface area (TPSA) is 41.6 Å². The van der Waals surface area contributed by atoms with Crippen LogP contribution in [0.2, 0.25) is 0 Å². The summed E-state index contributed by atoms with van der Waals surface area (Å²) in [6, 6.07) is 0.980. The summed E-state index contributed by atoms with van der Waals surface area (Å²) in [5.41, 5.74) is -0.269. The van der Waals surface area contributed by atoms with Gasteiger partial charge in [-0.25, -0.2) is 0 Å². The third-order valence-corrected chi connectivity index (χ3v) is 5.58. The van der Waals surface area contributed by atoms with Gasteiger partial charge in [0.1, 0.15) is 5.54 Å². The number of carbonyl (C=O) groups excluding carboxylic acids is 1. The van der Waals surface area contributed by atoms with E-state index < -0.39 is 5.54 Å². The van der Waals surface area contributed by atoms with Crippen molar-refractivity contribution in [3.63, 3.8) is 0 Å². The SMILES string of the molecule is CCOC(=O)C1(NC2CC2)CCC(N(C)C(C)(C)CC)C1. The summed E-state index contributed by atoms with van der Waals surface area (Å²) in [6.45, 7) is 9.15. The zero-order valence-corrected chi connectivity index (χ0v) is 14.4. The van der Waals surface area contributed by atoms with Crippen molar-refractivity contribution in [1.82, 2.24) is 10.2 Å². The second-order valence-electron chi connectivity index (χ2n) is 7.39. The van der Waals surface area contributed by atoms with Gasteiger partial charge >= 0.3 is 5.97 Å². The maximum absolute atomic E-state index is 12.5. The second kappa shape index (κ2) is 6.25. The lowest BCUT2D eigenvalue weighted by Crippen LogP contribution is -2.54. The second-order valence-corrected chi connectivity index (χ2v) is 7.39. The maximum atomic E-state index is 12.5. The molecule has 2 fully saturated rings. The van der Waals surface area contributed by atoms with Gasteiger partial charge in [-0.15, -0.1) is 0 Å². The van der Waals surface area contributed by atoms with Gasteiger partial charge in [0.25, 0.3) is 0 Å². The Balaban J connectivity index is 2.08. The third-order valence-electron chi connectivity index (χ3n) is 5.58. The fourth-order valence-corrected chi connectivity index (χ4v) is 3.36. The van der Waals surface area contributed by atoms with Gasteiger partial charge in [0.05, 0.1) is 6.61 Å². The summed E-state index contributed by atoms with van der Waals surface area (Å²) in [7, 11) is 2.20. The zero-order valence-electron chi connectivity index (χ0n) is 14.4. The van der Waals surface area contributed by atoms with Crippen molar-refractivity contribution >= 4 is 5.97 Å². The molecule has 2 aliphatic carbocycles. The van der Waals surface area contributed by atoms with Crippen LogP contribution in [-0.2, 0) is 9.53 Å². The van der Waals surface area contributed by atoms with Crippen molar-refractivity contribution in [3.05, 3.63) is 0 Å². The van der Waals surface area contributed by atoms with Crippen LogP contribution in [0, 0.1) is 0 Å². The Morgan fingerprint density at radius 3 is 2.52 bits per heavy atom. The van der Waals surface area contributed by atoms with Crippen LogP contribution in [0.15, 0.2) is 0 Å². The highest BCUT2D eigenvalue weighted by Gasteiger charge is 2.50. The first kappa shape index (κ1) is 16.8. The predicted molar refractivity (Wildman–Crippen MR) is 85.3 cm³/mol. The Bertz CT molecular complexity index is 379. The molecule has 4 heteroatoms. The molecule has 0 spiro atoms. The van der Waals surface area contributed by atoms with Gasteiger partial charge in [0.2, 0.25) is 0 Å². The lowest BCUT2D eigenvalue weighted by molar-refractivity contribution is -0.151. The lowest BCUT2D eigenvalue weighted by atomic mass is 9.94. The fraction of sp³-hybridized carbons (Fsp3) is 0.941. The molecule has 4 nitrogen and oxygen atoms in total. The van der Waals surface area contributed by atoms with Crippen molar-refractivity contribution < 1.29 is 9.53 Å². The van der Waals surface area contributed by atoms with Crippen LogP contribution in [0.1, 0.15) is 66.2 Å². The van der Waals surface area contributed by atoms with E-state index in [2.05, 4.69) is 38.0 Å². The molecule has 2 unspecified atom stereocenters. The highest BCUT2D eigenvalue weighted by atomic mass is 16.5. The van der Waals surface area contributed by atoms with Crippen LogP contribution in [0.5, 0.6) is 0 Å². The largest absolute Gasteiger partial charge is 0.465 e. The van der Waals surface area contributed by atoms with Gasteiger partial charge in [-0.05, 0) is 66.3 Å². The maximum Gasteiger partial charge on any atom is 0.326 e. The number of carbonyl (C=O) groups is 1. The van der Waals surface area contributed by atoms with E-state index in [1.54, 1.807) is 0 Å². The van der Waals surface area contributed by atoms with Crippen molar-refractivity contribution in [2.45, 2.75) is 89.4 Å². The first-order chi connectivity index (χ1) is 9.84. The molecular weight excluding hydrogens is 264 g/mol. The monoisotopic (exact) mass is 296 g/mol. The number of hydrogen-bond acceptors (Lipinski definition) is 4. The molecule has 0 heterocycles. The molecule has 0 saturated heterocycles. The zero-order chi connectivity index (χ0) is 15.7. The van der Waals surface area contributed by atoms with Crippen LogP contribution < -0.4 is 5.32 Å². The van der Waals surface area contributed by atoms with Gasteiger partial charge in [-0.3, -0.25) is 15.0 Å². The Hall–Kier alpha value is -0.610. The molecule has 0 aromatic heterocycles. The van der Waals surface area contributed by atoms with E-state index in [0.29, 0.717) is 18.7 Å². The van der Waals surface area contributed by atoms with E-state index in [0.717, 1.165) is 25.7 Å². The standard InChI is InChI=1S/C17H32N2O2/c1-6-16(3,4)19(5)14-10-11-17(12-14,15(20)21-7-2)18-13-8-9-13/h13-14,18H,6-12H2,1-5H3. The van der Waals surface area contributed by atoms with E-state index in [1.807, 2.05) is 6.92 Å². The van der Waals surface area contributed by atoms with E-state index in [4.69, 9.17) is 4.74 Å². The van der Waals surface area contributed by atoms with E-state index in [1.165, 1.54) is 12.8 Å². The highest BCUT2D eigenvalue weighted by molar-refractivity contribution is 5.81. The van der Waals surface area contributed by atoms with Gasteiger partial charge in [-0.1, -0.05) is 6.92 Å². The molecule has 0 amide bonds. The third kappa shape index (κ3) is 3.59. The number of hydrogen-bond donors (Lipinski definition) is 1.